The van der Waals surface area contributed by atoms with E-state index in [1.807, 2.05) is 31.2 Å². The summed E-state index contributed by atoms with van der Waals surface area (Å²) in [5.74, 6) is -0.261. The largest absolute Gasteiger partial charge is 0.346 e. The Morgan fingerprint density at radius 3 is 2.71 bits per heavy atom. The molecule has 2 aromatic heterocycles. The second-order valence-corrected chi connectivity index (χ2v) is 7.64. The molecule has 0 aliphatic carbocycles. The second-order valence-electron chi connectivity index (χ2n) is 6.25. The zero-order chi connectivity index (χ0) is 19.7. The predicted molar refractivity (Wildman–Crippen MR) is 110 cm³/mol. The number of hydrogen-bond acceptors (Lipinski definition) is 5. The summed E-state index contributed by atoms with van der Waals surface area (Å²) in [6.45, 7) is 2.15. The van der Waals surface area contributed by atoms with Crippen LogP contribution in [0.5, 0.6) is 0 Å². The van der Waals surface area contributed by atoms with Crippen LogP contribution in [-0.2, 0) is 6.54 Å². The zero-order valence-corrected chi connectivity index (χ0v) is 16.4. The van der Waals surface area contributed by atoms with Crippen LogP contribution in [0.15, 0.2) is 59.4 Å². The first-order valence-corrected chi connectivity index (χ1v) is 9.70. The molecule has 2 aromatic carbocycles. The number of benzene rings is 2. The zero-order valence-electron chi connectivity index (χ0n) is 14.8. The molecule has 0 atom stereocenters. The Morgan fingerprint density at radius 1 is 1.18 bits per heavy atom. The van der Waals surface area contributed by atoms with Gasteiger partial charge in [-0.15, -0.1) is 0 Å². The van der Waals surface area contributed by atoms with Gasteiger partial charge in [-0.05, 0) is 37.3 Å². The SMILES string of the molecule is Cc1cccc(-c2nn3c(=O)cc(CNC(=O)c4ccc(Cl)cc4)nc3s2)c1. The van der Waals surface area contributed by atoms with E-state index < -0.39 is 0 Å². The molecule has 0 saturated heterocycles. The van der Waals surface area contributed by atoms with Crippen molar-refractivity contribution in [2.24, 2.45) is 0 Å². The lowest BCUT2D eigenvalue weighted by atomic mass is 10.1. The minimum absolute atomic E-state index is 0.144. The fraction of sp³-hybridized carbons (Fsp3) is 0.100. The fourth-order valence-electron chi connectivity index (χ4n) is 2.72. The average molecular weight is 411 g/mol. The highest BCUT2D eigenvalue weighted by molar-refractivity contribution is 7.19. The van der Waals surface area contributed by atoms with Gasteiger partial charge in [0.15, 0.2) is 0 Å². The van der Waals surface area contributed by atoms with Crippen molar-refractivity contribution in [3.63, 3.8) is 0 Å². The molecule has 4 rings (SSSR count). The molecule has 0 radical (unpaired) electrons. The van der Waals surface area contributed by atoms with Crippen molar-refractivity contribution in [1.82, 2.24) is 19.9 Å². The smallest absolute Gasteiger partial charge is 0.275 e. The minimum Gasteiger partial charge on any atom is -0.346 e. The van der Waals surface area contributed by atoms with Gasteiger partial charge in [-0.3, -0.25) is 9.59 Å². The number of nitrogens with one attached hydrogen (secondary N) is 1. The van der Waals surface area contributed by atoms with Crippen molar-refractivity contribution in [3.8, 4) is 10.6 Å². The first-order valence-electron chi connectivity index (χ1n) is 8.50. The molecule has 4 aromatic rings. The Balaban J connectivity index is 1.58. The molecule has 0 aliphatic rings. The third-order valence-electron chi connectivity index (χ3n) is 4.10. The highest BCUT2D eigenvalue weighted by Gasteiger charge is 2.12. The molecule has 8 heteroatoms. The number of aromatic nitrogens is 3. The summed E-state index contributed by atoms with van der Waals surface area (Å²) in [6.07, 6.45) is 0. The molecule has 2 heterocycles. The molecule has 0 saturated carbocycles. The molecule has 140 valence electrons. The lowest BCUT2D eigenvalue weighted by Gasteiger charge is -2.04. The highest BCUT2D eigenvalue weighted by Crippen LogP contribution is 2.24. The van der Waals surface area contributed by atoms with E-state index in [1.165, 1.54) is 21.9 Å². The second kappa shape index (κ2) is 7.53. The number of rotatable bonds is 4. The van der Waals surface area contributed by atoms with E-state index in [-0.39, 0.29) is 18.0 Å². The molecular weight excluding hydrogens is 396 g/mol. The standard InChI is InChI=1S/C20H15ClN4O2S/c1-12-3-2-4-14(9-12)19-24-25-17(26)10-16(23-20(25)28-19)11-22-18(27)13-5-7-15(21)8-6-13/h2-10H,11H2,1H3,(H,22,27). The van der Waals surface area contributed by atoms with E-state index in [4.69, 9.17) is 11.6 Å². The molecule has 1 N–H and O–H groups in total. The highest BCUT2D eigenvalue weighted by atomic mass is 35.5. The molecule has 0 unspecified atom stereocenters. The average Bonchev–Trinajstić information content (AvgIpc) is 3.11. The Labute approximate surface area is 169 Å². The Hall–Kier alpha value is -3.03. The number of carbonyl (C=O) groups excluding carboxylic acids is 1. The van der Waals surface area contributed by atoms with Gasteiger partial charge in [-0.2, -0.15) is 9.61 Å². The molecule has 0 spiro atoms. The molecular formula is C20H15ClN4O2S. The van der Waals surface area contributed by atoms with E-state index >= 15 is 0 Å². The number of carbonyl (C=O) groups is 1. The van der Waals surface area contributed by atoms with Gasteiger partial charge in [0.2, 0.25) is 4.96 Å². The summed E-state index contributed by atoms with van der Waals surface area (Å²) in [5.41, 5.74) is 2.74. The quantitative estimate of drug-likeness (QED) is 0.556. The van der Waals surface area contributed by atoms with Gasteiger partial charge in [-0.1, -0.05) is 46.7 Å². The summed E-state index contributed by atoms with van der Waals surface area (Å²) < 4.78 is 1.28. The van der Waals surface area contributed by atoms with Crippen LogP contribution in [-0.4, -0.2) is 20.5 Å². The Bertz CT molecular complexity index is 1230. The molecule has 28 heavy (non-hydrogen) atoms. The minimum atomic E-state index is -0.282. The maximum absolute atomic E-state index is 12.4. The first-order chi connectivity index (χ1) is 13.5. The van der Waals surface area contributed by atoms with Crippen LogP contribution in [0.3, 0.4) is 0 Å². The number of amides is 1. The lowest BCUT2D eigenvalue weighted by molar-refractivity contribution is 0.0950. The van der Waals surface area contributed by atoms with E-state index in [9.17, 15) is 9.59 Å². The van der Waals surface area contributed by atoms with Crippen LogP contribution in [0.2, 0.25) is 5.02 Å². The Kier molecular flexibility index (Phi) is 4.93. The van der Waals surface area contributed by atoms with E-state index in [2.05, 4.69) is 15.4 Å². The van der Waals surface area contributed by atoms with Crippen LogP contribution >= 0.6 is 22.9 Å². The Morgan fingerprint density at radius 2 is 1.96 bits per heavy atom. The molecule has 6 nitrogen and oxygen atoms in total. The number of fused-ring (bicyclic) bond motifs is 1. The van der Waals surface area contributed by atoms with Crippen molar-refractivity contribution < 1.29 is 4.79 Å². The van der Waals surface area contributed by atoms with Gasteiger partial charge < -0.3 is 5.32 Å². The third kappa shape index (κ3) is 3.81. The van der Waals surface area contributed by atoms with Gasteiger partial charge in [0.1, 0.15) is 5.01 Å². The fourth-order valence-corrected chi connectivity index (χ4v) is 3.76. The molecule has 0 fully saturated rings. The van der Waals surface area contributed by atoms with Crippen LogP contribution in [0, 0.1) is 6.92 Å². The molecule has 0 aliphatic heterocycles. The normalized spacial score (nSPS) is 10.9. The molecule has 1 amide bonds. The maximum atomic E-state index is 12.4. The van der Waals surface area contributed by atoms with Crippen molar-refractivity contribution >= 4 is 33.8 Å². The first kappa shape index (κ1) is 18.3. The third-order valence-corrected chi connectivity index (χ3v) is 5.31. The summed E-state index contributed by atoms with van der Waals surface area (Å²) >= 11 is 7.17. The van der Waals surface area contributed by atoms with Crippen molar-refractivity contribution in [2.75, 3.05) is 0 Å². The van der Waals surface area contributed by atoms with Crippen molar-refractivity contribution in [1.29, 1.82) is 0 Å². The number of nitrogens with zero attached hydrogens (tertiary/aromatic N) is 3. The van der Waals surface area contributed by atoms with Gasteiger partial charge in [0, 0.05) is 22.2 Å². The number of hydrogen-bond donors (Lipinski definition) is 1. The van der Waals surface area contributed by atoms with E-state index in [1.54, 1.807) is 24.3 Å². The van der Waals surface area contributed by atoms with Gasteiger partial charge in [0.25, 0.3) is 11.5 Å². The van der Waals surface area contributed by atoms with Gasteiger partial charge >= 0.3 is 0 Å². The topological polar surface area (TPSA) is 76.4 Å². The van der Waals surface area contributed by atoms with E-state index in [0.29, 0.717) is 21.2 Å². The van der Waals surface area contributed by atoms with Crippen LogP contribution < -0.4 is 10.9 Å². The van der Waals surface area contributed by atoms with Crippen LogP contribution in [0.25, 0.3) is 15.5 Å². The lowest BCUT2D eigenvalue weighted by Crippen LogP contribution is -2.25. The van der Waals surface area contributed by atoms with Crippen molar-refractivity contribution in [2.45, 2.75) is 13.5 Å². The number of halogens is 1. The summed E-state index contributed by atoms with van der Waals surface area (Å²) in [5, 5.41) is 8.42. The van der Waals surface area contributed by atoms with Gasteiger partial charge in [-0.25, -0.2) is 4.98 Å². The van der Waals surface area contributed by atoms with Crippen LogP contribution in [0.1, 0.15) is 21.6 Å². The predicted octanol–water partition coefficient (Wildman–Crippen LogP) is 3.71. The van der Waals surface area contributed by atoms with E-state index in [0.717, 1.165) is 16.1 Å². The maximum Gasteiger partial charge on any atom is 0.275 e. The molecule has 0 bridgehead atoms. The van der Waals surface area contributed by atoms with Crippen LogP contribution in [0.4, 0.5) is 0 Å². The summed E-state index contributed by atoms with van der Waals surface area (Å²) in [7, 11) is 0. The monoisotopic (exact) mass is 410 g/mol. The summed E-state index contributed by atoms with van der Waals surface area (Å²) in [4.78, 5) is 29.6. The number of aryl methyl sites for hydroxylation is 1. The summed E-state index contributed by atoms with van der Waals surface area (Å²) in [6, 6.07) is 15.9. The van der Waals surface area contributed by atoms with Gasteiger partial charge in [0.05, 0.1) is 12.2 Å². The van der Waals surface area contributed by atoms with Crippen molar-refractivity contribution in [3.05, 3.63) is 86.8 Å².